The molecule has 3 aromatic rings. The lowest BCUT2D eigenvalue weighted by molar-refractivity contribution is 0.513. The molecule has 2 aromatic heterocycles. The third-order valence-corrected chi connectivity index (χ3v) is 6.06. The van der Waals surface area contributed by atoms with Crippen LogP contribution in [0.5, 0.6) is 0 Å². The number of aromatic nitrogens is 5. The van der Waals surface area contributed by atoms with Crippen molar-refractivity contribution in [3.05, 3.63) is 46.6 Å². The van der Waals surface area contributed by atoms with Gasteiger partial charge in [0, 0.05) is 24.0 Å². The molecule has 25 heavy (non-hydrogen) atoms. The molecule has 1 aliphatic heterocycles. The van der Waals surface area contributed by atoms with E-state index in [0.717, 1.165) is 52.2 Å². The van der Waals surface area contributed by atoms with Crippen molar-refractivity contribution in [3.8, 4) is 11.3 Å². The van der Waals surface area contributed by atoms with E-state index in [4.69, 9.17) is 0 Å². The van der Waals surface area contributed by atoms with E-state index in [0.29, 0.717) is 0 Å². The van der Waals surface area contributed by atoms with Gasteiger partial charge in [0.25, 0.3) is 0 Å². The molecule has 0 bridgehead atoms. The van der Waals surface area contributed by atoms with Crippen molar-refractivity contribution >= 4 is 27.7 Å². The maximum Gasteiger partial charge on any atom is 0.168 e. The van der Waals surface area contributed by atoms with Gasteiger partial charge in [0.05, 0.1) is 17.6 Å². The Hall–Kier alpha value is -1.60. The molecule has 0 spiro atoms. The summed E-state index contributed by atoms with van der Waals surface area (Å²) in [7, 11) is 0. The molecule has 0 saturated heterocycles. The second kappa shape index (κ2) is 7.33. The van der Waals surface area contributed by atoms with E-state index in [1.54, 1.807) is 11.8 Å². The van der Waals surface area contributed by atoms with E-state index < -0.39 is 0 Å². The van der Waals surface area contributed by atoms with Crippen molar-refractivity contribution in [3.63, 3.8) is 0 Å². The number of imidazole rings is 1. The Bertz CT molecular complexity index is 868. The van der Waals surface area contributed by atoms with Gasteiger partial charge in [-0.1, -0.05) is 39.8 Å². The number of aryl methyl sites for hydroxylation is 1. The van der Waals surface area contributed by atoms with Crippen LogP contribution in [0.15, 0.2) is 40.1 Å². The highest BCUT2D eigenvalue weighted by atomic mass is 79.9. The van der Waals surface area contributed by atoms with Crippen molar-refractivity contribution in [2.75, 3.05) is 0 Å². The quantitative estimate of drug-likeness (QED) is 0.571. The van der Waals surface area contributed by atoms with Gasteiger partial charge in [-0.25, -0.2) is 4.98 Å². The molecule has 0 amide bonds. The van der Waals surface area contributed by atoms with Crippen LogP contribution in [0.2, 0.25) is 0 Å². The van der Waals surface area contributed by atoms with Crippen molar-refractivity contribution in [1.82, 2.24) is 24.3 Å². The topological polar surface area (TPSA) is 48.5 Å². The van der Waals surface area contributed by atoms with E-state index >= 15 is 0 Å². The summed E-state index contributed by atoms with van der Waals surface area (Å²) in [4.78, 5) is 4.65. The van der Waals surface area contributed by atoms with E-state index in [1.807, 2.05) is 6.20 Å². The van der Waals surface area contributed by atoms with Gasteiger partial charge in [-0.3, -0.25) is 0 Å². The zero-order valence-corrected chi connectivity index (χ0v) is 16.6. The summed E-state index contributed by atoms with van der Waals surface area (Å²) >= 11 is 5.23. The second-order valence-corrected chi connectivity index (χ2v) is 7.97. The van der Waals surface area contributed by atoms with E-state index in [1.165, 1.54) is 18.4 Å². The van der Waals surface area contributed by atoms with Crippen LogP contribution >= 0.6 is 27.7 Å². The maximum absolute atomic E-state index is 4.65. The highest BCUT2D eigenvalue weighted by Crippen LogP contribution is 2.29. The van der Waals surface area contributed by atoms with E-state index in [9.17, 15) is 0 Å². The van der Waals surface area contributed by atoms with Gasteiger partial charge in [0.15, 0.2) is 5.16 Å². The summed E-state index contributed by atoms with van der Waals surface area (Å²) in [5.74, 6) is 3.01. The van der Waals surface area contributed by atoms with Crippen molar-refractivity contribution in [2.45, 2.75) is 50.2 Å². The number of benzene rings is 1. The molecular weight excluding hydrogens is 398 g/mol. The van der Waals surface area contributed by atoms with Crippen molar-refractivity contribution in [2.24, 2.45) is 0 Å². The summed E-state index contributed by atoms with van der Waals surface area (Å²) in [6.45, 7) is 4.10. The Balaban J connectivity index is 1.55. The van der Waals surface area contributed by atoms with Gasteiger partial charge in [0.2, 0.25) is 0 Å². The first-order valence-electron chi connectivity index (χ1n) is 8.61. The lowest BCUT2D eigenvalue weighted by atomic mass is 10.2. The molecule has 7 heteroatoms. The number of hydrogen-bond donors (Lipinski definition) is 0. The van der Waals surface area contributed by atoms with Crippen LogP contribution in [0.4, 0.5) is 0 Å². The first-order chi connectivity index (χ1) is 12.3. The molecular formula is C18H20BrN5S. The molecule has 1 aliphatic rings. The third-order valence-electron chi connectivity index (χ3n) is 4.54. The molecule has 130 valence electrons. The highest BCUT2D eigenvalue weighted by Gasteiger charge is 2.17. The van der Waals surface area contributed by atoms with E-state index in [-0.39, 0.29) is 0 Å². The van der Waals surface area contributed by atoms with Gasteiger partial charge in [-0.05, 0) is 37.5 Å². The van der Waals surface area contributed by atoms with Crippen molar-refractivity contribution < 1.29 is 0 Å². The lowest BCUT2D eigenvalue weighted by Gasteiger charge is -2.14. The number of thioether (sulfide) groups is 1. The molecule has 0 N–H and O–H groups in total. The van der Waals surface area contributed by atoms with Gasteiger partial charge in [-0.15, -0.1) is 10.2 Å². The Kier molecular flexibility index (Phi) is 4.94. The molecule has 5 nitrogen and oxygen atoms in total. The Morgan fingerprint density at radius 2 is 2.00 bits per heavy atom. The third kappa shape index (κ3) is 3.40. The average molecular weight is 418 g/mol. The summed E-state index contributed by atoms with van der Waals surface area (Å²) in [6.07, 6.45) is 5.46. The molecule has 0 fully saturated rings. The SMILES string of the molecule is CCn1c(-c2ccc(Br)cc2)cnc1SCc1nnc2n1CCCC2. The molecule has 0 unspecified atom stereocenters. The smallest absolute Gasteiger partial charge is 0.168 e. The maximum atomic E-state index is 4.65. The number of rotatable bonds is 5. The van der Waals surface area contributed by atoms with Gasteiger partial charge in [0.1, 0.15) is 11.6 Å². The number of nitrogens with zero attached hydrogens (tertiary/aromatic N) is 5. The normalized spacial score (nSPS) is 13.8. The van der Waals surface area contributed by atoms with Crippen LogP contribution in [0.25, 0.3) is 11.3 Å². The number of fused-ring (bicyclic) bond motifs is 1. The fourth-order valence-electron chi connectivity index (χ4n) is 3.23. The van der Waals surface area contributed by atoms with Gasteiger partial charge >= 0.3 is 0 Å². The minimum atomic E-state index is 0.809. The van der Waals surface area contributed by atoms with Crippen LogP contribution in [0.1, 0.15) is 31.4 Å². The zero-order valence-electron chi connectivity index (χ0n) is 14.2. The van der Waals surface area contributed by atoms with Crippen molar-refractivity contribution in [1.29, 1.82) is 0 Å². The van der Waals surface area contributed by atoms with Crippen LogP contribution in [0, 0.1) is 0 Å². The van der Waals surface area contributed by atoms with Crippen LogP contribution in [0.3, 0.4) is 0 Å². The Morgan fingerprint density at radius 3 is 2.80 bits per heavy atom. The second-order valence-electron chi connectivity index (χ2n) is 6.11. The summed E-state index contributed by atoms with van der Waals surface area (Å²) in [5, 5.41) is 9.77. The molecule has 1 aromatic carbocycles. The van der Waals surface area contributed by atoms with Gasteiger partial charge in [-0.2, -0.15) is 0 Å². The zero-order chi connectivity index (χ0) is 17.2. The summed E-state index contributed by atoms with van der Waals surface area (Å²) in [6, 6.07) is 8.38. The minimum absolute atomic E-state index is 0.809. The minimum Gasteiger partial charge on any atom is -0.319 e. The molecule has 0 saturated carbocycles. The standard InChI is InChI=1S/C18H20BrN5S/c1-2-23-15(13-6-8-14(19)9-7-13)11-20-18(23)25-12-17-22-21-16-5-3-4-10-24(16)17/h6-9,11H,2-5,10,12H2,1H3. The first-order valence-corrected chi connectivity index (χ1v) is 10.4. The van der Waals surface area contributed by atoms with Crippen LogP contribution < -0.4 is 0 Å². The molecule has 4 rings (SSSR count). The first kappa shape index (κ1) is 16.8. The van der Waals surface area contributed by atoms with E-state index in [2.05, 4.69) is 71.4 Å². The molecule has 0 aliphatic carbocycles. The Morgan fingerprint density at radius 1 is 1.16 bits per heavy atom. The molecule has 3 heterocycles. The number of hydrogen-bond acceptors (Lipinski definition) is 4. The fourth-order valence-corrected chi connectivity index (χ4v) is 4.48. The number of halogens is 1. The lowest BCUT2D eigenvalue weighted by Crippen LogP contribution is -2.12. The highest BCUT2D eigenvalue weighted by molar-refractivity contribution is 9.10. The van der Waals surface area contributed by atoms with Gasteiger partial charge < -0.3 is 9.13 Å². The summed E-state index contributed by atoms with van der Waals surface area (Å²) in [5.41, 5.74) is 2.34. The predicted molar refractivity (Wildman–Crippen MR) is 104 cm³/mol. The molecule has 0 atom stereocenters. The van der Waals surface area contributed by atoms with Crippen LogP contribution in [-0.2, 0) is 25.3 Å². The Labute approximate surface area is 160 Å². The van der Waals surface area contributed by atoms with Crippen LogP contribution in [-0.4, -0.2) is 24.3 Å². The fraction of sp³-hybridized carbons (Fsp3) is 0.389. The average Bonchev–Trinajstić information content (AvgIpc) is 3.24. The predicted octanol–water partition coefficient (Wildman–Crippen LogP) is 4.55. The molecule has 0 radical (unpaired) electrons. The largest absolute Gasteiger partial charge is 0.319 e. The summed E-state index contributed by atoms with van der Waals surface area (Å²) < 4.78 is 5.64. The monoisotopic (exact) mass is 417 g/mol.